The normalized spacial score (nSPS) is 9.25. The van der Waals surface area contributed by atoms with Crippen molar-refractivity contribution in [1.82, 2.24) is 0 Å². The molecule has 0 saturated carbocycles. The van der Waals surface area contributed by atoms with Gasteiger partial charge in [-0.15, -0.1) is 0 Å². The van der Waals surface area contributed by atoms with Crippen molar-refractivity contribution in [2.24, 2.45) is 0 Å². The van der Waals surface area contributed by atoms with Gasteiger partial charge in [-0.3, -0.25) is 4.79 Å². The van der Waals surface area contributed by atoms with Crippen molar-refractivity contribution < 1.29 is 4.79 Å². The highest BCUT2D eigenvalue weighted by Crippen LogP contribution is 2.12. The Morgan fingerprint density at radius 1 is 1.19 bits per heavy atom. The van der Waals surface area contributed by atoms with Gasteiger partial charge in [0.2, 0.25) is 0 Å². The van der Waals surface area contributed by atoms with Crippen molar-refractivity contribution in [2.45, 2.75) is 46.5 Å². The molecule has 90 valence electrons. The minimum absolute atomic E-state index is 0.343. The van der Waals surface area contributed by atoms with Crippen molar-refractivity contribution in [1.29, 1.82) is 0 Å². The lowest BCUT2D eigenvalue weighted by atomic mass is 10.1. The molecule has 0 amide bonds. The zero-order chi connectivity index (χ0) is 12.4. The van der Waals surface area contributed by atoms with E-state index in [-0.39, 0.29) is 0 Å². The third-order valence-corrected chi connectivity index (χ3v) is 2.71. The van der Waals surface area contributed by atoms with Gasteiger partial charge in [-0.1, -0.05) is 55.3 Å². The van der Waals surface area contributed by atoms with E-state index in [1.807, 2.05) is 13.8 Å². The van der Waals surface area contributed by atoms with Crippen LogP contribution in [0.1, 0.15) is 45.6 Å². The average Bonchev–Trinajstić information content (AvgIpc) is 2.29. The number of carbonyl (C=O) groups excluding carboxylic acids is 1. The molecule has 0 fully saturated rings. The average molecular weight is 285 g/mol. The minimum atomic E-state index is 0.343. The maximum absolute atomic E-state index is 10.2. The molecule has 0 aliphatic carbocycles. The zero-order valence-electron chi connectivity index (χ0n) is 10.4. The van der Waals surface area contributed by atoms with Crippen molar-refractivity contribution in [2.75, 3.05) is 0 Å². The van der Waals surface area contributed by atoms with E-state index in [2.05, 4.69) is 47.1 Å². The summed E-state index contributed by atoms with van der Waals surface area (Å²) in [7, 11) is 0. The highest BCUT2D eigenvalue weighted by Gasteiger charge is 1.90. The van der Waals surface area contributed by atoms with E-state index in [1.54, 1.807) is 0 Å². The van der Waals surface area contributed by atoms with Crippen LogP contribution in [0.25, 0.3) is 0 Å². The molecule has 0 spiro atoms. The van der Waals surface area contributed by atoms with E-state index < -0.39 is 0 Å². The molecule has 0 atom stereocenters. The first-order valence-electron chi connectivity index (χ1n) is 5.90. The number of hydrogen-bond donors (Lipinski definition) is 0. The third-order valence-electron chi connectivity index (χ3n) is 2.22. The van der Waals surface area contributed by atoms with Gasteiger partial charge < -0.3 is 0 Å². The Hall–Kier alpha value is -0.630. The first kappa shape index (κ1) is 15.4. The summed E-state index contributed by atoms with van der Waals surface area (Å²) < 4.78 is 1.18. The van der Waals surface area contributed by atoms with E-state index in [0.29, 0.717) is 18.6 Å². The molecule has 0 aliphatic heterocycles. The van der Waals surface area contributed by atoms with Gasteiger partial charge in [0.25, 0.3) is 0 Å². The quantitative estimate of drug-likeness (QED) is 0.778. The molecule has 1 aromatic rings. The lowest BCUT2D eigenvalue weighted by Gasteiger charge is -1.96. The van der Waals surface area contributed by atoms with Crippen LogP contribution in [-0.2, 0) is 11.2 Å². The van der Waals surface area contributed by atoms with Crippen LogP contribution in [0, 0.1) is 0 Å². The Balaban J connectivity index is 0.000000325. The van der Waals surface area contributed by atoms with Gasteiger partial charge in [-0.25, -0.2) is 0 Å². The predicted molar refractivity (Wildman–Crippen MR) is 73.7 cm³/mol. The summed E-state index contributed by atoms with van der Waals surface area (Å²) in [5.41, 5.74) is 1.41. The fourth-order valence-corrected chi connectivity index (χ4v) is 1.68. The number of aryl methyl sites for hydroxylation is 1. The molecule has 1 aromatic carbocycles. The molecule has 0 bridgehead atoms. The van der Waals surface area contributed by atoms with Crippen LogP contribution in [0.5, 0.6) is 0 Å². The van der Waals surface area contributed by atoms with E-state index in [1.165, 1.54) is 22.9 Å². The largest absolute Gasteiger partial charge is 0.300 e. The smallest absolute Gasteiger partial charge is 0.132 e. The van der Waals surface area contributed by atoms with Crippen molar-refractivity contribution in [3.8, 4) is 0 Å². The number of Topliss-reactive ketones (excluding diaryl/α,β-unsaturated/α-hetero) is 1. The Morgan fingerprint density at radius 2 is 1.81 bits per heavy atom. The van der Waals surface area contributed by atoms with Crippen molar-refractivity contribution in [3.63, 3.8) is 0 Å². The van der Waals surface area contributed by atoms with Crippen LogP contribution in [0.3, 0.4) is 0 Å². The van der Waals surface area contributed by atoms with Crippen LogP contribution in [0.2, 0.25) is 0 Å². The molecular formula is C14H21BrO. The van der Waals surface area contributed by atoms with Gasteiger partial charge in [0.15, 0.2) is 0 Å². The van der Waals surface area contributed by atoms with E-state index in [4.69, 9.17) is 0 Å². The maximum Gasteiger partial charge on any atom is 0.132 e. The number of halogens is 1. The molecular weight excluding hydrogens is 264 g/mol. The Morgan fingerprint density at radius 3 is 2.19 bits per heavy atom. The highest BCUT2D eigenvalue weighted by molar-refractivity contribution is 9.10. The second kappa shape index (κ2) is 9.59. The van der Waals surface area contributed by atoms with E-state index in [0.717, 1.165) is 0 Å². The van der Waals surface area contributed by atoms with Crippen molar-refractivity contribution in [3.05, 3.63) is 34.3 Å². The predicted octanol–water partition coefficient (Wildman–Crippen LogP) is 4.78. The zero-order valence-corrected chi connectivity index (χ0v) is 12.0. The lowest BCUT2D eigenvalue weighted by molar-refractivity contribution is -0.118. The molecule has 2 heteroatoms. The molecule has 0 unspecified atom stereocenters. The summed E-state index contributed by atoms with van der Waals surface area (Å²) in [6, 6.07) is 8.46. The topological polar surface area (TPSA) is 17.1 Å². The van der Waals surface area contributed by atoms with Gasteiger partial charge in [0.05, 0.1) is 0 Å². The van der Waals surface area contributed by atoms with Gasteiger partial charge in [-0.2, -0.15) is 0 Å². The lowest BCUT2D eigenvalue weighted by Crippen LogP contribution is -1.88. The van der Waals surface area contributed by atoms with Crippen LogP contribution in [0.4, 0.5) is 0 Å². The molecule has 0 aromatic heterocycles. The minimum Gasteiger partial charge on any atom is -0.300 e. The van der Waals surface area contributed by atoms with Gasteiger partial charge in [0.1, 0.15) is 5.78 Å². The second-order valence-electron chi connectivity index (χ2n) is 3.63. The first-order valence-corrected chi connectivity index (χ1v) is 6.69. The van der Waals surface area contributed by atoms with Crippen LogP contribution in [0.15, 0.2) is 28.7 Å². The summed E-state index contributed by atoms with van der Waals surface area (Å²) >= 11 is 3.43. The van der Waals surface area contributed by atoms with Crippen LogP contribution >= 0.6 is 15.9 Å². The molecule has 1 nitrogen and oxygen atoms in total. The summed E-state index contributed by atoms with van der Waals surface area (Å²) in [5, 5.41) is 0. The number of ketones is 1. The summed E-state index contributed by atoms with van der Waals surface area (Å²) in [6.45, 7) is 5.96. The van der Waals surface area contributed by atoms with Gasteiger partial charge >= 0.3 is 0 Å². The van der Waals surface area contributed by atoms with Crippen LogP contribution < -0.4 is 0 Å². The van der Waals surface area contributed by atoms with Gasteiger partial charge in [0, 0.05) is 17.3 Å². The van der Waals surface area contributed by atoms with E-state index >= 15 is 0 Å². The van der Waals surface area contributed by atoms with Gasteiger partial charge in [-0.05, 0) is 24.1 Å². The number of rotatable bonds is 4. The number of benzene rings is 1. The summed E-state index contributed by atoms with van der Waals surface area (Å²) in [5.74, 6) is 0.343. The second-order valence-corrected chi connectivity index (χ2v) is 4.54. The fourth-order valence-electron chi connectivity index (χ4n) is 1.23. The van der Waals surface area contributed by atoms with Crippen molar-refractivity contribution >= 4 is 21.7 Å². The molecule has 0 radical (unpaired) electrons. The summed E-state index contributed by atoms with van der Waals surface area (Å²) in [6.07, 6.45) is 3.78. The Bertz CT molecular complexity index is 301. The molecule has 0 heterocycles. The number of hydrogen-bond acceptors (Lipinski definition) is 1. The first-order chi connectivity index (χ1) is 7.63. The Labute approximate surface area is 107 Å². The standard InChI is InChI=1S/C9H11Br.C5H10O/c1-2-4-8-5-3-6-9(10)7-8;1-3-5(6)4-2/h3,5-7H,2,4H2,1H3;3-4H2,1-2H3. The number of carbonyl (C=O) groups is 1. The molecule has 0 aliphatic rings. The molecule has 0 N–H and O–H groups in total. The third kappa shape index (κ3) is 7.63. The highest BCUT2D eigenvalue weighted by atomic mass is 79.9. The maximum atomic E-state index is 10.2. The monoisotopic (exact) mass is 284 g/mol. The molecule has 1 rings (SSSR count). The fraction of sp³-hybridized carbons (Fsp3) is 0.500. The Kier molecular flexibility index (Phi) is 9.21. The molecule has 0 saturated heterocycles. The van der Waals surface area contributed by atoms with Crippen LogP contribution in [-0.4, -0.2) is 5.78 Å². The van der Waals surface area contributed by atoms with E-state index in [9.17, 15) is 4.79 Å². The SMILES string of the molecule is CCC(=O)CC.CCCc1cccc(Br)c1. The molecule has 16 heavy (non-hydrogen) atoms. The summed E-state index contributed by atoms with van der Waals surface area (Å²) in [4.78, 5) is 10.2.